The highest BCUT2D eigenvalue weighted by Gasteiger charge is 2.52. The summed E-state index contributed by atoms with van der Waals surface area (Å²) in [5.41, 5.74) is 4.86. The van der Waals surface area contributed by atoms with E-state index in [0.29, 0.717) is 11.3 Å². The van der Waals surface area contributed by atoms with Crippen LogP contribution in [0.25, 0.3) is 11.6 Å². The van der Waals surface area contributed by atoms with E-state index >= 15 is 0 Å². The lowest BCUT2D eigenvalue weighted by Crippen LogP contribution is -2.48. The molecule has 2 N–H and O–H groups in total. The lowest BCUT2D eigenvalue weighted by Gasteiger charge is -2.57. The first kappa shape index (κ1) is 18.5. The summed E-state index contributed by atoms with van der Waals surface area (Å²) in [7, 11) is 0. The predicted octanol–water partition coefficient (Wildman–Crippen LogP) is 6.12. The number of carboxylic acids is 1. The molecule has 0 atom stereocenters. The summed E-state index contributed by atoms with van der Waals surface area (Å²) in [4.78, 5) is 11.0. The number of hydrogen-bond acceptors (Lipinski definition) is 2. The average Bonchev–Trinajstić information content (AvgIpc) is 2.67. The van der Waals surface area contributed by atoms with E-state index in [0.717, 1.165) is 40.0 Å². The van der Waals surface area contributed by atoms with Crippen LogP contribution in [0.15, 0.2) is 42.5 Å². The van der Waals surface area contributed by atoms with E-state index in [9.17, 15) is 9.90 Å². The van der Waals surface area contributed by atoms with Crippen LogP contribution in [-0.4, -0.2) is 16.2 Å². The molecule has 4 aliphatic rings. The van der Waals surface area contributed by atoms with Crippen molar-refractivity contribution in [2.45, 2.75) is 50.9 Å². The topological polar surface area (TPSA) is 57.5 Å². The lowest BCUT2D eigenvalue weighted by molar-refractivity contribution is -0.00614. The van der Waals surface area contributed by atoms with Crippen LogP contribution < -0.4 is 0 Å². The van der Waals surface area contributed by atoms with Crippen molar-refractivity contribution < 1.29 is 15.0 Å². The van der Waals surface area contributed by atoms with Crippen molar-refractivity contribution in [3.05, 3.63) is 64.7 Å². The zero-order valence-electron chi connectivity index (χ0n) is 16.9. The minimum atomic E-state index is -0.906. The molecule has 29 heavy (non-hydrogen) atoms. The molecule has 3 heteroatoms. The van der Waals surface area contributed by atoms with Gasteiger partial charge < -0.3 is 10.2 Å². The molecule has 150 valence electrons. The van der Waals surface area contributed by atoms with Crippen LogP contribution in [0.5, 0.6) is 5.75 Å². The first-order valence-electron chi connectivity index (χ1n) is 10.8. The average molecular weight is 389 g/mol. The summed E-state index contributed by atoms with van der Waals surface area (Å²) in [6.45, 7) is 2.08. The summed E-state index contributed by atoms with van der Waals surface area (Å²) in [5.74, 6) is 2.07. The van der Waals surface area contributed by atoms with Gasteiger partial charge in [-0.15, -0.1) is 0 Å². The van der Waals surface area contributed by atoms with E-state index in [1.54, 1.807) is 12.1 Å². The van der Waals surface area contributed by atoms with Gasteiger partial charge in [-0.2, -0.15) is 0 Å². The summed E-state index contributed by atoms with van der Waals surface area (Å²) in [6, 6.07) is 13.0. The fraction of sp³-hybridized carbons (Fsp3) is 0.423. The molecule has 4 bridgehead atoms. The lowest BCUT2D eigenvalue weighted by atomic mass is 9.48. The van der Waals surface area contributed by atoms with E-state index in [2.05, 4.69) is 19.1 Å². The third kappa shape index (κ3) is 3.27. The van der Waals surface area contributed by atoms with Crippen LogP contribution in [0, 0.1) is 17.8 Å². The highest BCUT2D eigenvalue weighted by atomic mass is 16.4. The van der Waals surface area contributed by atoms with Gasteiger partial charge in [-0.05, 0) is 110 Å². The van der Waals surface area contributed by atoms with Crippen molar-refractivity contribution in [3.8, 4) is 5.75 Å². The van der Waals surface area contributed by atoms with Gasteiger partial charge in [0, 0.05) is 5.56 Å². The number of phenols is 1. The Kier molecular flexibility index (Phi) is 4.31. The van der Waals surface area contributed by atoms with Gasteiger partial charge in [0.15, 0.2) is 0 Å². The Hall–Kier alpha value is -2.55. The maximum Gasteiger partial charge on any atom is 0.335 e. The van der Waals surface area contributed by atoms with Crippen LogP contribution >= 0.6 is 0 Å². The van der Waals surface area contributed by atoms with Crippen molar-refractivity contribution in [2.24, 2.45) is 17.8 Å². The molecule has 0 unspecified atom stereocenters. The number of benzene rings is 2. The number of carbonyl (C=O) groups is 1. The van der Waals surface area contributed by atoms with Gasteiger partial charge >= 0.3 is 5.97 Å². The van der Waals surface area contributed by atoms with Crippen LogP contribution in [0.4, 0.5) is 0 Å². The molecule has 0 amide bonds. The van der Waals surface area contributed by atoms with Crippen LogP contribution in [0.2, 0.25) is 0 Å². The Balaban J connectivity index is 1.47. The number of rotatable bonds is 4. The largest absolute Gasteiger partial charge is 0.508 e. The van der Waals surface area contributed by atoms with E-state index in [1.807, 2.05) is 24.3 Å². The molecular weight excluding hydrogens is 360 g/mol. The number of hydrogen-bond donors (Lipinski definition) is 2. The summed E-state index contributed by atoms with van der Waals surface area (Å²) < 4.78 is 0. The highest BCUT2D eigenvalue weighted by molar-refractivity contribution is 5.88. The van der Waals surface area contributed by atoms with Gasteiger partial charge in [0.05, 0.1) is 5.56 Å². The fourth-order valence-corrected chi connectivity index (χ4v) is 6.70. The number of phenolic OH excluding ortho intramolecular Hbond substituents is 1. The molecule has 2 aromatic rings. The van der Waals surface area contributed by atoms with Crippen molar-refractivity contribution in [3.63, 3.8) is 0 Å². The molecule has 0 radical (unpaired) electrons. The summed E-state index contributed by atoms with van der Waals surface area (Å²) in [6.07, 6.45) is 9.96. The van der Waals surface area contributed by atoms with Gasteiger partial charge in [-0.1, -0.05) is 24.3 Å². The monoisotopic (exact) mass is 388 g/mol. The second-order valence-corrected chi connectivity index (χ2v) is 9.68. The highest BCUT2D eigenvalue weighted by Crippen LogP contribution is 2.61. The third-order valence-corrected chi connectivity index (χ3v) is 7.60. The quantitative estimate of drug-likeness (QED) is 0.621. The van der Waals surface area contributed by atoms with Gasteiger partial charge in [-0.25, -0.2) is 4.79 Å². The molecule has 3 nitrogen and oxygen atoms in total. The molecule has 0 aliphatic heterocycles. The van der Waals surface area contributed by atoms with Crippen molar-refractivity contribution in [1.82, 2.24) is 0 Å². The first-order valence-corrected chi connectivity index (χ1v) is 10.8. The molecule has 6 rings (SSSR count). The minimum Gasteiger partial charge on any atom is -0.508 e. The zero-order valence-corrected chi connectivity index (χ0v) is 16.9. The number of allylic oxidation sites excluding steroid dienone is 1. The normalized spacial score (nSPS) is 30.5. The van der Waals surface area contributed by atoms with Gasteiger partial charge in [0.25, 0.3) is 0 Å². The maximum atomic E-state index is 11.0. The standard InChI is InChI=1S/C26H28O3/c1-16(8-17-2-4-21(5-3-17)25(28)29)22-6-7-24(27)23(12-22)26-13-18-9-19(14-26)11-20(10-18)15-26/h2-8,12,18-20,27H,9-11,13-15H2,1H3,(H,28,29). The minimum absolute atomic E-state index is 0.165. The molecule has 4 aliphatic carbocycles. The number of aromatic hydroxyl groups is 1. The number of aromatic carboxylic acids is 1. The molecule has 0 saturated heterocycles. The van der Waals surface area contributed by atoms with Crippen molar-refractivity contribution >= 4 is 17.6 Å². The molecule has 4 saturated carbocycles. The smallest absolute Gasteiger partial charge is 0.335 e. The van der Waals surface area contributed by atoms with E-state index in [1.165, 1.54) is 38.5 Å². The molecule has 2 aromatic carbocycles. The summed E-state index contributed by atoms with van der Waals surface area (Å²) >= 11 is 0. The second kappa shape index (κ2) is 6.76. The van der Waals surface area contributed by atoms with Crippen molar-refractivity contribution in [1.29, 1.82) is 0 Å². The van der Waals surface area contributed by atoms with Crippen LogP contribution in [0.1, 0.15) is 72.5 Å². The molecular formula is C26H28O3. The maximum absolute atomic E-state index is 11.0. The Morgan fingerprint density at radius 2 is 1.48 bits per heavy atom. The van der Waals surface area contributed by atoms with Crippen LogP contribution in [0.3, 0.4) is 0 Å². The van der Waals surface area contributed by atoms with E-state index in [-0.39, 0.29) is 5.41 Å². The first-order chi connectivity index (χ1) is 13.9. The molecule has 4 fully saturated rings. The van der Waals surface area contributed by atoms with E-state index in [4.69, 9.17) is 5.11 Å². The molecule has 0 spiro atoms. The Labute approximate surface area is 172 Å². The van der Waals surface area contributed by atoms with Gasteiger partial charge in [0.2, 0.25) is 0 Å². The van der Waals surface area contributed by atoms with Gasteiger partial charge in [0.1, 0.15) is 5.75 Å². The van der Waals surface area contributed by atoms with E-state index < -0.39 is 5.97 Å². The van der Waals surface area contributed by atoms with Crippen molar-refractivity contribution in [2.75, 3.05) is 0 Å². The van der Waals surface area contributed by atoms with Crippen LogP contribution in [-0.2, 0) is 5.41 Å². The Morgan fingerprint density at radius 3 is 2.03 bits per heavy atom. The third-order valence-electron chi connectivity index (χ3n) is 7.60. The Morgan fingerprint density at radius 1 is 0.931 bits per heavy atom. The molecule has 0 aromatic heterocycles. The molecule has 0 heterocycles. The fourth-order valence-electron chi connectivity index (χ4n) is 6.70. The zero-order chi connectivity index (χ0) is 20.2. The second-order valence-electron chi connectivity index (χ2n) is 9.68. The SMILES string of the molecule is CC(=Cc1ccc(C(=O)O)cc1)c1ccc(O)c(C23CC4CC(CC(C4)C2)C3)c1. The van der Waals surface area contributed by atoms with Gasteiger partial charge in [-0.3, -0.25) is 0 Å². The summed E-state index contributed by atoms with van der Waals surface area (Å²) in [5, 5.41) is 19.8. The predicted molar refractivity (Wildman–Crippen MR) is 115 cm³/mol. The Bertz CT molecular complexity index is 948. The number of carboxylic acid groups (broad SMARTS) is 1.